The first-order valence-corrected chi connectivity index (χ1v) is 12.2. The van der Waals surface area contributed by atoms with Crippen molar-refractivity contribution in [2.45, 2.75) is 58.1 Å². The van der Waals surface area contributed by atoms with Crippen LogP contribution in [0.5, 0.6) is 5.75 Å². The average Bonchev–Trinajstić information content (AvgIpc) is 3.12. The van der Waals surface area contributed by atoms with Crippen molar-refractivity contribution in [3.05, 3.63) is 63.6 Å². The van der Waals surface area contributed by atoms with Crippen molar-refractivity contribution >= 4 is 5.91 Å². The lowest BCUT2D eigenvalue weighted by Gasteiger charge is -2.47. The summed E-state index contributed by atoms with van der Waals surface area (Å²) < 4.78 is 7.75. The van der Waals surface area contributed by atoms with Crippen LogP contribution in [0.1, 0.15) is 61.0 Å². The van der Waals surface area contributed by atoms with Crippen LogP contribution < -0.4 is 10.3 Å². The normalized spacial score (nSPS) is 21.6. The Bertz CT molecular complexity index is 1100. The zero-order valence-corrected chi connectivity index (χ0v) is 20.1. The molecule has 0 unspecified atom stereocenters. The number of ether oxygens (including phenoxy) is 1. The molecule has 6 heteroatoms. The third-order valence-corrected chi connectivity index (χ3v) is 7.95. The van der Waals surface area contributed by atoms with Gasteiger partial charge in [-0.2, -0.15) is 0 Å². The Balaban J connectivity index is 1.17. The van der Waals surface area contributed by atoms with Gasteiger partial charge in [-0.25, -0.2) is 0 Å². The summed E-state index contributed by atoms with van der Waals surface area (Å²) in [5.74, 6) is 0.978. The number of aryl methyl sites for hydroxylation is 1. The number of pyridine rings is 1. The maximum Gasteiger partial charge on any atom is 0.263 e. The van der Waals surface area contributed by atoms with E-state index in [0.29, 0.717) is 5.41 Å². The molecule has 1 spiro atoms. The maximum atomic E-state index is 12.9. The lowest BCUT2D eigenvalue weighted by atomic mass is 9.71. The lowest BCUT2D eigenvalue weighted by Crippen LogP contribution is -2.48. The highest BCUT2D eigenvalue weighted by Crippen LogP contribution is 2.43. The van der Waals surface area contributed by atoms with E-state index in [0.717, 1.165) is 57.7 Å². The molecule has 2 fully saturated rings. The first-order chi connectivity index (χ1) is 15.8. The van der Waals surface area contributed by atoms with Crippen molar-refractivity contribution < 1.29 is 9.53 Å². The highest BCUT2D eigenvalue weighted by atomic mass is 16.5. The van der Waals surface area contributed by atoms with E-state index in [1.807, 2.05) is 4.90 Å². The van der Waals surface area contributed by atoms with E-state index < -0.39 is 0 Å². The molecule has 2 saturated heterocycles. The van der Waals surface area contributed by atoms with Crippen LogP contribution in [0.2, 0.25) is 0 Å². The number of nitrogens with zero attached hydrogens (tertiary/aromatic N) is 3. The first-order valence-electron chi connectivity index (χ1n) is 12.2. The average molecular weight is 450 g/mol. The van der Waals surface area contributed by atoms with Gasteiger partial charge in [0, 0.05) is 44.9 Å². The Hall–Kier alpha value is -2.60. The molecule has 2 aromatic rings. The SMILES string of the molecule is Cn1cccc(C(=O)N2CCC3(CCN(Cc4cccc5c4OC(C)(C)C5)CC3)CC2)c1=O. The Kier molecular flexibility index (Phi) is 5.60. The Morgan fingerprint density at radius 3 is 2.42 bits per heavy atom. The second kappa shape index (κ2) is 8.32. The third-order valence-electron chi connectivity index (χ3n) is 7.95. The van der Waals surface area contributed by atoms with Crippen LogP contribution in [0.25, 0.3) is 0 Å². The summed E-state index contributed by atoms with van der Waals surface area (Å²) in [7, 11) is 1.69. The minimum absolute atomic E-state index is 0.111. The molecule has 176 valence electrons. The zero-order chi connectivity index (χ0) is 23.2. The number of fused-ring (bicyclic) bond motifs is 1. The van der Waals surface area contributed by atoms with Gasteiger partial charge < -0.3 is 14.2 Å². The predicted molar refractivity (Wildman–Crippen MR) is 129 cm³/mol. The van der Waals surface area contributed by atoms with E-state index in [4.69, 9.17) is 4.74 Å². The van der Waals surface area contributed by atoms with E-state index in [-0.39, 0.29) is 22.6 Å². The number of carbonyl (C=O) groups excluding carboxylic acids is 1. The van der Waals surface area contributed by atoms with Crippen LogP contribution in [0.3, 0.4) is 0 Å². The van der Waals surface area contributed by atoms with Crippen LogP contribution in [0.4, 0.5) is 0 Å². The first kappa shape index (κ1) is 22.2. The maximum absolute atomic E-state index is 12.9. The summed E-state index contributed by atoms with van der Waals surface area (Å²) >= 11 is 0. The van der Waals surface area contributed by atoms with Crippen LogP contribution in [0.15, 0.2) is 41.3 Å². The number of hydrogen-bond acceptors (Lipinski definition) is 4. The predicted octanol–water partition coefficient (Wildman–Crippen LogP) is 3.62. The van der Waals surface area contributed by atoms with Gasteiger partial charge in [-0.05, 0) is 75.7 Å². The zero-order valence-electron chi connectivity index (χ0n) is 20.1. The molecule has 1 amide bonds. The van der Waals surface area contributed by atoms with Gasteiger partial charge in [0.25, 0.3) is 11.5 Å². The van der Waals surface area contributed by atoms with Gasteiger partial charge in [0.05, 0.1) is 0 Å². The summed E-state index contributed by atoms with van der Waals surface area (Å²) in [5, 5.41) is 0. The number of hydrogen-bond donors (Lipinski definition) is 0. The standard InChI is InChI=1S/C27H35N3O3/c1-26(2)18-20-6-4-7-21(23(20)33-26)19-29-14-9-27(10-15-29)11-16-30(17-12-27)25(32)22-8-5-13-28(3)24(22)31/h4-8,13H,9-12,14-19H2,1-3H3. The van der Waals surface area contributed by atoms with Crippen molar-refractivity contribution in [1.82, 2.24) is 14.4 Å². The Labute approximate surface area is 196 Å². The minimum Gasteiger partial charge on any atom is -0.487 e. The van der Waals surface area contributed by atoms with Crippen LogP contribution >= 0.6 is 0 Å². The number of likely N-dealkylation sites (tertiary alicyclic amines) is 2. The number of aromatic nitrogens is 1. The lowest BCUT2D eigenvalue weighted by molar-refractivity contribution is 0.0281. The molecule has 0 atom stereocenters. The molecule has 6 nitrogen and oxygen atoms in total. The molecule has 0 saturated carbocycles. The van der Waals surface area contributed by atoms with Crippen molar-refractivity contribution in [1.29, 1.82) is 0 Å². The molecule has 1 aromatic heterocycles. The topological polar surface area (TPSA) is 54.8 Å². The van der Waals surface area contributed by atoms with Gasteiger partial charge >= 0.3 is 0 Å². The number of amides is 1. The van der Waals surface area contributed by atoms with Gasteiger partial charge in [0.1, 0.15) is 16.9 Å². The van der Waals surface area contributed by atoms with E-state index in [1.165, 1.54) is 28.5 Å². The monoisotopic (exact) mass is 449 g/mol. The Morgan fingerprint density at radius 2 is 1.70 bits per heavy atom. The van der Waals surface area contributed by atoms with Gasteiger partial charge in [0.15, 0.2) is 0 Å². The summed E-state index contributed by atoms with van der Waals surface area (Å²) in [6, 6.07) is 9.99. The smallest absolute Gasteiger partial charge is 0.263 e. The minimum atomic E-state index is -0.212. The quantitative estimate of drug-likeness (QED) is 0.718. The molecule has 3 aliphatic heterocycles. The van der Waals surface area contributed by atoms with Crippen LogP contribution in [-0.4, -0.2) is 52.1 Å². The second-order valence-electron chi connectivity index (χ2n) is 10.9. The molecule has 0 aliphatic carbocycles. The molecule has 0 N–H and O–H groups in total. The van der Waals surface area contributed by atoms with E-state index in [1.54, 1.807) is 25.4 Å². The molecule has 0 bridgehead atoms. The molecule has 33 heavy (non-hydrogen) atoms. The largest absolute Gasteiger partial charge is 0.487 e. The second-order valence-corrected chi connectivity index (χ2v) is 10.9. The third kappa shape index (κ3) is 4.33. The number of para-hydroxylation sites is 1. The molecular weight excluding hydrogens is 414 g/mol. The number of carbonyl (C=O) groups is 1. The molecule has 1 aromatic carbocycles. The van der Waals surface area contributed by atoms with E-state index in [9.17, 15) is 9.59 Å². The molecule has 3 aliphatic rings. The van der Waals surface area contributed by atoms with Crippen molar-refractivity contribution in [2.24, 2.45) is 12.5 Å². The van der Waals surface area contributed by atoms with E-state index in [2.05, 4.69) is 36.9 Å². The summed E-state index contributed by atoms with van der Waals surface area (Å²) in [4.78, 5) is 29.7. The van der Waals surface area contributed by atoms with Crippen molar-refractivity contribution in [3.8, 4) is 5.75 Å². The molecule has 0 radical (unpaired) electrons. The van der Waals surface area contributed by atoms with Crippen LogP contribution in [-0.2, 0) is 20.0 Å². The van der Waals surface area contributed by atoms with Crippen LogP contribution in [0, 0.1) is 5.41 Å². The fraction of sp³-hybridized carbons (Fsp3) is 0.556. The number of rotatable bonds is 3. The van der Waals surface area contributed by atoms with Crippen molar-refractivity contribution in [3.63, 3.8) is 0 Å². The van der Waals surface area contributed by atoms with Gasteiger partial charge in [-0.3, -0.25) is 14.5 Å². The molecular formula is C27H35N3O3. The molecule has 4 heterocycles. The fourth-order valence-electron chi connectivity index (χ4n) is 5.84. The Morgan fingerprint density at radius 1 is 1.00 bits per heavy atom. The number of benzene rings is 1. The van der Waals surface area contributed by atoms with E-state index >= 15 is 0 Å². The fourth-order valence-corrected chi connectivity index (χ4v) is 5.84. The highest BCUT2D eigenvalue weighted by Gasteiger charge is 2.39. The molecule has 5 rings (SSSR count). The van der Waals surface area contributed by atoms with Gasteiger partial charge in [0.2, 0.25) is 0 Å². The van der Waals surface area contributed by atoms with Gasteiger partial charge in [-0.1, -0.05) is 18.2 Å². The van der Waals surface area contributed by atoms with Gasteiger partial charge in [-0.15, -0.1) is 0 Å². The number of piperidine rings is 2. The summed E-state index contributed by atoms with van der Waals surface area (Å²) in [6.45, 7) is 8.91. The highest BCUT2D eigenvalue weighted by molar-refractivity contribution is 5.93. The van der Waals surface area contributed by atoms with Crippen molar-refractivity contribution in [2.75, 3.05) is 26.2 Å². The summed E-state index contributed by atoms with van der Waals surface area (Å²) in [6.07, 6.45) is 7.06. The summed E-state index contributed by atoms with van der Waals surface area (Å²) in [5.41, 5.74) is 2.92.